The molecule has 96 valence electrons. The van der Waals surface area contributed by atoms with Gasteiger partial charge in [-0.2, -0.15) is 0 Å². The van der Waals surface area contributed by atoms with Gasteiger partial charge in [-0.15, -0.1) is 0 Å². The van der Waals surface area contributed by atoms with Crippen molar-refractivity contribution < 1.29 is 24.9 Å². The SMILES string of the molecule is CC(C)[C@H](N)C(=O)O.O=C(O)CNCCO. The summed E-state index contributed by atoms with van der Waals surface area (Å²) < 4.78 is 0. The number of nitrogens with one attached hydrogen (secondary N) is 1. The molecule has 0 fully saturated rings. The Hall–Kier alpha value is -1.18. The number of nitrogens with two attached hydrogens (primary N) is 1. The second-order valence-electron chi connectivity index (χ2n) is 3.40. The summed E-state index contributed by atoms with van der Waals surface area (Å²) in [5, 5.41) is 26.8. The van der Waals surface area contributed by atoms with Gasteiger partial charge in [-0.25, -0.2) is 0 Å². The zero-order valence-electron chi connectivity index (χ0n) is 9.51. The lowest BCUT2D eigenvalue weighted by molar-refractivity contribution is -0.139. The molecule has 0 spiro atoms. The zero-order valence-corrected chi connectivity index (χ0v) is 9.51. The van der Waals surface area contributed by atoms with Gasteiger partial charge in [0.25, 0.3) is 0 Å². The van der Waals surface area contributed by atoms with E-state index in [-0.39, 0.29) is 19.1 Å². The fourth-order valence-electron chi connectivity index (χ4n) is 0.560. The van der Waals surface area contributed by atoms with E-state index in [0.29, 0.717) is 6.54 Å². The molecule has 6 N–H and O–H groups in total. The molecule has 0 aromatic heterocycles. The molecule has 0 aliphatic carbocycles. The molecule has 7 heteroatoms. The Morgan fingerprint density at radius 2 is 1.81 bits per heavy atom. The van der Waals surface area contributed by atoms with Crippen molar-refractivity contribution in [1.29, 1.82) is 0 Å². The molecule has 0 unspecified atom stereocenters. The molecule has 0 saturated carbocycles. The Kier molecular flexibility index (Phi) is 11.1. The van der Waals surface area contributed by atoms with Crippen LogP contribution in [0.5, 0.6) is 0 Å². The number of aliphatic hydroxyl groups excluding tert-OH is 1. The number of hydrogen-bond donors (Lipinski definition) is 5. The Morgan fingerprint density at radius 1 is 1.31 bits per heavy atom. The van der Waals surface area contributed by atoms with Crippen LogP contribution in [0.1, 0.15) is 13.8 Å². The Labute approximate surface area is 94.3 Å². The monoisotopic (exact) mass is 236 g/mol. The van der Waals surface area contributed by atoms with Crippen molar-refractivity contribution in [3.8, 4) is 0 Å². The molecule has 0 amide bonds. The van der Waals surface area contributed by atoms with E-state index in [4.69, 9.17) is 21.1 Å². The molecular weight excluding hydrogens is 216 g/mol. The summed E-state index contributed by atoms with van der Waals surface area (Å²) in [6, 6.07) is -0.713. The van der Waals surface area contributed by atoms with Crippen LogP contribution in [-0.4, -0.2) is 53.0 Å². The molecule has 0 aromatic rings. The lowest BCUT2D eigenvalue weighted by Crippen LogP contribution is -2.34. The molecule has 16 heavy (non-hydrogen) atoms. The molecule has 0 rings (SSSR count). The summed E-state index contributed by atoms with van der Waals surface area (Å²) in [7, 11) is 0. The highest BCUT2D eigenvalue weighted by Crippen LogP contribution is 1.96. The third-order valence-electron chi connectivity index (χ3n) is 1.57. The standard InChI is InChI=1S/C5H11NO2.C4H9NO3/c1-3(2)4(6)5(7)8;6-2-1-5-3-4(7)8/h3-4H,6H2,1-2H3,(H,7,8);5-6H,1-3H2,(H,7,8)/t4-;/m0./s1. The summed E-state index contributed by atoms with van der Waals surface area (Å²) >= 11 is 0. The minimum absolute atomic E-state index is 0.0206. The van der Waals surface area contributed by atoms with Gasteiger partial charge in [0.2, 0.25) is 0 Å². The van der Waals surface area contributed by atoms with Gasteiger partial charge in [0, 0.05) is 6.54 Å². The highest BCUT2D eigenvalue weighted by molar-refractivity contribution is 5.73. The minimum atomic E-state index is -0.931. The van der Waals surface area contributed by atoms with Gasteiger partial charge in [-0.3, -0.25) is 9.59 Å². The van der Waals surface area contributed by atoms with Crippen LogP contribution < -0.4 is 11.1 Å². The maximum absolute atomic E-state index is 10.0. The van der Waals surface area contributed by atoms with Crippen molar-refractivity contribution in [2.45, 2.75) is 19.9 Å². The van der Waals surface area contributed by atoms with Gasteiger partial charge in [-0.05, 0) is 5.92 Å². The Bertz CT molecular complexity index is 208. The second-order valence-corrected chi connectivity index (χ2v) is 3.40. The predicted octanol–water partition coefficient (Wildman–Crippen LogP) is -1.29. The van der Waals surface area contributed by atoms with Gasteiger partial charge >= 0.3 is 11.9 Å². The maximum atomic E-state index is 10.0. The number of rotatable bonds is 6. The quantitative estimate of drug-likeness (QED) is 0.362. The van der Waals surface area contributed by atoms with Crippen LogP contribution in [0.25, 0.3) is 0 Å². The first-order valence-electron chi connectivity index (χ1n) is 4.84. The van der Waals surface area contributed by atoms with Crippen molar-refractivity contribution in [3.63, 3.8) is 0 Å². The first-order chi connectivity index (χ1) is 7.32. The molecule has 0 saturated heterocycles. The molecule has 0 heterocycles. The molecular formula is C9H20N2O5. The van der Waals surface area contributed by atoms with Crippen molar-refractivity contribution in [2.75, 3.05) is 19.7 Å². The molecule has 0 aliphatic rings. The average Bonchev–Trinajstić information content (AvgIpc) is 2.17. The van der Waals surface area contributed by atoms with Crippen LogP contribution in [0.15, 0.2) is 0 Å². The van der Waals surface area contributed by atoms with Gasteiger partial charge in [-0.1, -0.05) is 13.8 Å². The average molecular weight is 236 g/mol. The number of hydrogen-bond acceptors (Lipinski definition) is 5. The molecule has 1 atom stereocenters. The van der Waals surface area contributed by atoms with Gasteiger partial charge in [0.15, 0.2) is 0 Å². The van der Waals surface area contributed by atoms with Crippen LogP contribution in [0.3, 0.4) is 0 Å². The lowest BCUT2D eigenvalue weighted by Gasteiger charge is -2.07. The number of carbonyl (C=O) groups is 2. The second kappa shape index (κ2) is 10.3. The van der Waals surface area contributed by atoms with Crippen molar-refractivity contribution in [2.24, 2.45) is 11.7 Å². The largest absolute Gasteiger partial charge is 0.480 e. The van der Waals surface area contributed by atoms with Crippen LogP contribution in [0.2, 0.25) is 0 Å². The van der Waals surface area contributed by atoms with Gasteiger partial charge < -0.3 is 26.4 Å². The first kappa shape index (κ1) is 17.2. The molecule has 0 radical (unpaired) electrons. The molecule has 0 aliphatic heterocycles. The van der Waals surface area contributed by atoms with Crippen molar-refractivity contribution in [3.05, 3.63) is 0 Å². The third-order valence-corrected chi connectivity index (χ3v) is 1.57. The minimum Gasteiger partial charge on any atom is -0.480 e. The maximum Gasteiger partial charge on any atom is 0.320 e. The summed E-state index contributed by atoms with van der Waals surface area (Å²) in [4.78, 5) is 19.7. The number of aliphatic carboxylic acids is 2. The van der Waals surface area contributed by atoms with E-state index in [1.54, 1.807) is 13.8 Å². The molecule has 0 aromatic carbocycles. The van der Waals surface area contributed by atoms with Gasteiger partial charge in [0.05, 0.1) is 13.2 Å². The van der Waals surface area contributed by atoms with E-state index in [0.717, 1.165) is 0 Å². The van der Waals surface area contributed by atoms with E-state index in [9.17, 15) is 9.59 Å². The summed E-state index contributed by atoms with van der Waals surface area (Å²) in [6.45, 7) is 3.79. The molecule has 0 bridgehead atoms. The van der Waals surface area contributed by atoms with Crippen molar-refractivity contribution in [1.82, 2.24) is 5.32 Å². The lowest BCUT2D eigenvalue weighted by atomic mass is 10.1. The Balaban J connectivity index is 0. The van der Waals surface area contributed by atoms with E-state index in [2.05, 4.69) is 5.32 Å². The highest BCUT2D eigenvalue weighted by atomic mass is 16.4. The summed E-state index contributed by atoms with van der Waals surface area (Å²) in [5.41, 5.74) is 5.16. The Morgan fingerprint density at radius 3 is 2.00 bits per heavy atom. The molecule has 7 nitrogen and oxygen atoms in total. The number of carboxylic acid groups (broad SMARTS) is 2. The normalized spacial score (nSPS) is 11.6. The van der Waals surface area contributed by atoms with Crippen LogP contribution >= 0.6 is 0 Å². The predicted molar refractivity (Wildman–Crippen MR) is 58.0 cm³/mol. The van der Waals surface area contributed by atoms with E-state index in [1.165, 1.54) is 0 Å². The smallest absolute Gasteiger partial charge is 0.320 e. The summed E-state index contributed by atoms with van der Waals surface area (Å²) in [5.74, 6) is -1.81. The topological polar surface area (TPSA) is 133 Å². The summed E-state index contributed by atoms with van der Waals surface area (Å²) in [6.07, 6.45) is 0. The van der Waals surface area contributed by atoms with Crippen LogP contribution in [0.4, 0.5) is 0 Å². The van der Waals surface area contributed by atoms with Gasteiger partial charge in [0.1, 0.15) is 6.04 Å². The van der Waals surface area contributed by atoms with E-state index < -0.39 is 18.0 Å². The zero-order chi connectivity index (χ0) is 13.1. The van der Waals surface area contributed by atoms with Crippen molar-refractivity contribution >= 4 is 11.9 Å². The fraction of sp³-hybridized carbons (Fsp3) is 0.778. The number of aliphatic hydroxyl groups is 1. The third kappa shape index (κ3) is 12.8. The van der Waals surface area contributed by atoms with Crippen LogP contribution in [0, 0.1) is 5.92 Å². The highest BCUT2D eigenvalue weighted by Gasteiger charge is 2.14. The van der Waals surface area contributed by atoms with Crippen LogP contribution in [-0.2, 0) is 9.59 Å². The number of carboxylic acids is 2. The van der Waals surface area contributed by atoms with E-state index in [1.807, 2.05) is 0 Å². The first-order valence-corrected chi connectivity index (χ1v) is 4.84. The fourth-order valence-corrected chi connectivity index (χ4v) is 0.560. The van der Waals surface area contributed by atoms with E-state index >= 15 is 0 Å².